The van der Waals surface area contributed by atoms with Crippen LogP contribution in [0.5, 0.6) is 0 Å². The number of hydrogen-bond donors (Lipinski definition) is 0. The van der Waals surface area contributed by atoms with Crippen LogP contribution in [0.3, 0.4) is 0 Å². The molecule has 6 aromatic heterocycles. The standard InChI is InChI=1S/C41H25N5Si.C40H26N4Si.C39H27N3Si/c1-44-27-10-15-39-33(20-27)32-19-26(24-43)9-14-38(32)46(39)29-12-17-41-35(22-29)34-21-28(11-16-40(34)47(41,2)3)45-36-7-5-4-6-30(36)31-18-25(23-42)8-13-37(31)45;1-45(2)39-17-13-27(43-35-9-5-3-7-29(35)31-19-25(23-41)11-15-37(31)43)21-33(39)34-22-28(14-18-40(34)45)44-36-10-6-4-8-30(36)32-20-26(24-42)12-16-38(32)44;1-43(2)38-19-16-26(41-34-12-6-3-9-28(34)29-10-4-7-13-35(29)41)22-32(38)33-23-27(17-20-39(33)43)42-36-14-8-5-11-30(36)31-21-25(24-40)15-18-37(31)42/h4-22H,2-3H3;3-22H,1-2H3;3-23H,1-2H3. The Kier molecular flexibility index (Phi) is 17.5. The lowest BCUT2D eigenvalue weighted by atomic mass is 10.0. The number of aromatic nitrogens is 6. The smallest absolute Gasteiger partial charge is 0.188 e. The van der Waals surface area contributed by atoms with Gasteiger partial charge in [-0.3, -0.25) is 0 Å². The Morgan fingerprint density at radius 3 is 0.563 bits per heavy atom. The van der Waals surface area contributed by atoms with Crippen molar-refractivity contribution in [3.05, 3.63) is 403 Å². The number of nitrogens with zero attached hydrogens (tertiary/aromatic N) is 12. The molecule has 135 heavy (non-hydrogen) atoms. The van der Waals surface area contributed by atoms with E-state index in [4.69, 9.17) is 6.57 Å². The van der Waals surface area contributed by atoms with Crippen molar-refractivity contribution in [2.75, 3.05) is 0 Å². The Morgan fingerprint density at radius 1 is 0.193 bits per heavy atom. The van der Waals surface area contributed by atoms with Gasteiger partial charge in [0.15, 0.2) is 5.69 Å². The van der Waals surface area contributed by atoms with Gasteiger partial charge in [0.2, 0.25) is 0 Å². The van der Waals surface area contributed by atoms with Gasteiger partial charge in [0, 0.05) is 93.4 Å². The first-order valence-corrected chi connectivity index (χ1v) is 54.4. The fraction of sp³-hybridized carbons (Fsp3) is 0.0500. The molecular formula is C120H78N12Si3. The molecule has 0 spiro atoms. The van der Waals surface area contributed by atoms with Crippen molar-refractivity contribution in [3.63, 3.8) is 0 Å². The van der Waals surface area contributed by atoms with E-state index in [2.05, 4.69) is 381 Å². The molecule has 0 N–H and O–H groups in total. The van der Waals surface area contributed by atoms with Crippen LogP contribution in [0.25, 0.3) is 203 Å². The van der Waals surface area contributed by atoms with Crippen LogP contribution in [0.2, 0.25) is 39.3 Å². The van der Waals surface area contributed by atoms with Crippen molar-refractivity contribution in [3.8, 4) is 97.9 Å². The summed E-state index contributed by atoms with van der Waals surface area (Å²) in [5.41, 5.74) is 31.8. The highest BCUT2D eigenvalue weighted by atomic mass is 28.3. The molecule has 630 valence electrons. The molecule has 0 fully saturated rings. The van der Waals surface area contributed by atoms with Crippen molar-refractivity contribution >= 4 is 192 Å². The van der Waals surface area contributed by atoms with Crippen molar-refractivity contribution in [2.24, 2.45) is 0 Å². The summed E-state index contributed by atoms with van der Waals surface area (Å²) in [6.45, 7) is 22.3. The highest BCUT2D eigenvalue weighted by Crippen LogP contribution is 2.45. The van der Waals surface area contributed by atoms with Gasteiger partial charge in [0.25, 0.3) is 0 Å². The van der Waals surface area contributed by atoms with Crippen LogP contribution in [0, 0.1) is 63.2 Å². The van der Waals surface area contributed by atoms with Crippen LogP contribution in [0.15, 0.2) is 364 Å². The van der Waals surface area contributed by atoms with Crippen molar-refractivity contribution in [2.45, 2.75) is 39.3 Å². The van der Waals surface area contributed by atoms with E-state index in [0.717, 1.165) is 132 Å². The maximum atomic E-state index is 9.66. The van der Waals surface area contributed by atoms with Gasteiger partial charge in [-0.1, -0.05) is 191 Å². The Balaban J connectivity index is 0.000000108. The SMILES string of the molecule is C[Si]1(C)c2ccc(-n3c4ccccc4c4cc(C#N)ccc43)cc2-c2cc(-n3c4ccccc4c4cc(C#N)ccc43)ccc21.C[Si]1(C)c2ccc(-n3c4ccccc4c4ccccc43)cc2-c2cc(-n3c4ccccc4c4cc(C#N)ccc43)ccc21.[C-]#[N+]c1ccc2c(c1)c1cc(C#N)ccc1n2-c1ccc2c(c1)-c1cc(-n3c4ccccc4c4cc(C#N)ccc43)ccc1[Si]2(C)C. The van der Waals surface area contributed by atoms with Crippen LogP contribution >= 0.6 is 0 Å². The van der Waals surface area contributed by atoms with E-state index in [1.807, 2.05) is 84.9 Å². The first-order chi connectivity index (χ1) is 65.9. The third-order valence-corrected chi connectivity index (χ3v) is 40.0. The van der Waals surface area contributed by atoms with Crippen molar-refractivity contribution in [1.82, 2.24) is 27.4 Å². The van der Waals surface area contributed by atoms with E-state index < -0.39 is 24.2 Å². The topological polar surface area (TPSA) is 153 Å². The summed E-state index contributed by atoms with van der Waals surface area (Å²) >= 11 is 0. The number of para-hydroxylation sites is 6. The lowest BCUT2D eigenvalue weighted by Gasteiger charge is -2.19. The zero-order valence-corrected chi connectivity index (χ0v) is 77.5. The first-order valence-electron chi connectivity index (χ1n) is 45.4. The van der Waals surface area contributed by atoms with Gasteiger partial charge in [0.1, 0.15) is 24.2 Å². The van der Waals surface area contributed by atoms with Gasteiger partial charge < -0.3 is 27.4 Å². The highest BCUT2D eigenvalue weighted by Gasteiger charge is 2.42. The first kappa shape index (κ1) is 79.5. The predicted molar refractivity (Wildman–Crippen MR) is 562 cm³/mol. The number of rotatable bonds is 6. The zero-order chi connectivity index (χ0) is 91.3. The van der Waals surface area contributed by atoms with E-state index in [0.29, 0.717) is 33.5 Å². The quantitative estimate of drug-likeness (QED) is 0.120. The maximum Gasteiger partial charge on any atom is 0.188 e. The van der Waals surface area contributed by atoms with E-state index in [-0.39, 0.29) is 0 Å². The van der Waals surface area contributed by atoms with Crippen LogP contribution in [0.1, 0.15) is 27.8 Å². The van der Waals surface area contributed by atoms with E-state index >= 15 is 0 Å². The number of benzene rings is 18. The van der Waals surface area contributed by atoms with E-state index in [1.165, 1.54) is 97.4 Å². The maximum absolute atomic E-state index is 9.66. The summed E-state index contributed by atoms with van der Waals surface area (Å²) in [5.74, 6) is 0. The molecule has 0 saturated carbocycles. The molecule has 12 nitrogen and oxygen atoms in total. The van der Waals surface area contributed by atoms with Crippen LogP contribution < -0.4 is 31.1 Å². The molecule has 18 aromatic carbocycles. The Morgan fingerprint density at radius 2 is 0.363 bits per heavy atom. The van der Waals surface area contributed by atoms with Crippen molar-refractivity contribution < 1.29 is 0 Å². The second-order valence-electron chi connectivity index (χ2n) is 37.4. The summed E-state index contributed by atoms with van der Waals surface area (Å²) in [5, 5.41) is 70.2. The summed E-state index contributed by atoms with van der Waals surface area (Å²) in [6, 6.07) is 140. The fourth-order valence-electron chi connectivity index (χ4n) is 23.0. The number of nitriles is 5. The minimum atomic E-state index is -1.97. The molecule has 27 rings (SSSR count). The molecule has 0 atom stereocenters. The van der Waals surface area contributed by atoms with Crippen LogP contribution in [0.4, 0.5) is 5.69 Å². The van der Waals surface area contributed by atoms with Gasteiger partial charge in [-0.05, 0) is 282 Å². The average molecular weight is 1770 g/mol. The number of hydrogen-bond acceptors (Lipinski definition) is 5. The Labute approximate surface area is 780 Å². The van der Waals surface area contributed by atoms with Gasteiger partial charge in [0.05, 0.1) is 131 Å². The average Bonchev–Trinajstić information content (AvgIpc) is 1.56. The minimum absolute atomic E-state index is 0.580. The lowest BCUT2D eigenvalue weighted by molar-refractivity contribution is 1.18. The molecule has 3 aliphatic heterocycles. The molecule has 0 aliphatic carbocycles. The molecule has 0 amide bonds. The van der Waals surface area contributed by atoms with E-state index in [1.54, 1.807) is 0 Å². The minimum Gasteiger partial charge on any atom is -0.309 e. The van der Waals surface area contributed by atoms with Crippen molar-refractivity contribution in [1.29, 1.82) is 26.3 Å². The second-order valence-corrected chi connectivity index (χ2v) is 50.4. The van der Waals surface area contributed by atoms with Gasteiger partial charge in [-0.2, -0.15) is 26.3 Å². The Hall–Kier alpha value is -17.6. The largest absolute Gasteiger partial charge is 0.309 e. The molecule has 0 bridgehead atoms. The summed E-state index contributed by atoms with van der Waals surface area (Å²) in [7, 11) is -5.78. The third kappa shape index (κ3) is 11.7. The monoisotopic (exact) mass is 1770 g/mol. The normalized spacial score (nSPS) is 13.2. The van der Waals surface area contributed by atoms with E-state index in [9.17, 15) is 26.3 Å². The molecule has 9 heterocycles. The molecule has 24 aromatic rings. The predicted octanol–water partition coefficient (Wildman–Crippen LogP) is 26.0. The fourth-order valence-corrected chi connectivity index (χ4v) is 32.1. The van der Waals surface area contributed by atoms with Crippen LogP contribution in [-0.4, -0.2) is 51.6 Å². The Bertz CT molecular complexity index is 9420. The molecule has 0 radical (unpaired) electrons. The van der Waals surface area contributed by atoms with Gasteiger partial charge >= 0.3 is 0 Å². The highest BCUT2D eigenvalue weighted by molar-refractivity contribution is 7.05. The summed E-state index contributed by atoms with van der Waals surface area (Å²) < 4.78 is 14.0. The van der Waals surface area contributed by atoms with Gasteiger partial charge in [-0.25, -0.2) is 4.85 Å². The molecule has 0 unspecified atom stereocenters. The third-order valence-electron chi connectivity index (χ3n) is 29.3. The number of fused-ring (bicyclic) bond motifs is 27. The molecule has 3 aliphatic rings. The lowest BCUT2D eigenvalue weighted by Crippen LogP contribution is -2.49. The molecule has 0 saturated heterocycles. The van der Waals surface area contributed by atoms with Gasteiger partial charge in [-0.15, -0.1) is 0 Å². The van der Waals surface area contributed by atoms with Crippen LogP contribution in [-0.2, 0) is 0 Å². The molecular weight excluding hydrogens is 1690 g/mol. The zero-order valence-electron chi connectivity index (χ0n) is 74.5. The summed E-state index contributed by atoms with van der Waals surface area (Å²) in [6.07, 6.45) is 0. The molecule has 15 heteroatoms. The summed E-state index contributed by atoms with van der Waals surface area (Å²) in [4.78, 5) is 3.68. The second kappa shape index (κ2) is 29.7.